The molecular formula is C22H23FN2O2S. The predicted molar refractivity (Wildman–Crippen MR) is 109 cm³/mol. The van der Waals surface area contributed by atoms with Gasteiger partial charge in [-0.2, -0.15) is 0 Å². The van der Waals surface area contributed by atoms with Crippen molar-refractivity contribution in [1.82, 2.24) is 4.90 Å². The van der Waals surface area contributed by atoms with E-state index in [0.29, 0.717) is 12.1 Å². The van der Waals surface area contributed by atoms with E-state index in [1.54, 1.807) is 39.8 Å². The average molecular weight is 399 g/mol. The maximum atomic E-state index is 14.0. The number of anilines is 1. The van der Waals surface area contributed by atoms with E-state index >= 15 is 0 Å². The molecule has 0 spiro atoms. The zero-order valence-electron chi connectivity index (χ0n) is 15.6. The molecule has 1 heterocycles. The molecule has 0 radical (unpaired) electrons. The number of carbonyl (C=O) groups is 2. The lowest BCUT2D eigenvalue weighted by atomic mass is 10.1. The van der Waals surface area contributed by atoms with Gasteiger partial charge in [0.1, 0.15) is 5.82 Å². The zero-order valence-corrected chi connectivity index (χ0v) is 16.5. The summed E-state index contributed by atoms with van der Waals surface area (Å²) in [6, 6.07) is 14.6. The number of thioether (sulfide) groups is 1. The van der Waals surface area contributed by atoms with Gasteiger partial charge in [0.15, 0.2) is 0 Å². The topological polar surface area (TPSA) is 40.6 Å². The van der Waals surface area contributed by atoms with Crippen LogP contribution < -0.4 is 4.90 Å². The standard InChI is InChI=1S/C22H23FN2O2S/c23-18-6-2-1-5-16(18)15-25(17-9-10-17)22(27)12-11-21(26)24-13-14-28-20-8-4-3-7-19(20)24/h1-8,17H,9-15H2. The van der Waals surface area contributed by atoms with Crippen molar-refractivity contribution >= 4 is 29.3 Å². The number of fused-ring (bicyclic) bond motifs is 1. The summed E-state index contributed by atoms with van der Waals surface area (Å²) in [4.78, 5) is 30.2. The minimum Gasteiger partial charge on any atom is -0.335 e. The summed E-state index contributed by atoms with van der Waals surface area (Å²) in [7, 11) is 0. The maximum absolute atomic E-state index is 14.0. The molecule has 0 bridgehead atoms. The molecule has 0 aromatic heterocycles. The summed E-state index contributed by atoms with van der Waals surface area (Å²) in [5, 5.41) is 0. The molecule has 0 saturated heterocycles. The van der Waals surface area contributed by atoms with Crippen LogP contribution >= 0.6 is 11.8 Å². The Morgan fingerprint density at radius 3 is 2.61 bits per heavy atom. The number of hydrogen-bond acceptors (Lipinski definition) is 3. The Bertz CT molecular complexity index is 884. The van der Waals surface area contributed by atoms with Crippen LogP contribution in [0, 0.1) is 5.82 Å². The lowest BCUT2D eigenvalue weighted by molar-refractivity contribution is -0.134. The Morgan fingerprint density at radius 1 is 1.07 bits per heavy atom. The van der Waals surface area contributed by atoms with Gasteiger partial charge >= 0.3 is 0 Å². The number of amides is 2. The second kappa shape index (κ2) is 8.35. The van der Waals surface area contributed by atoms with Crippen molar-refractivity contribution in [1.29, 1.82) is 0 Å². The third-order valence-corrected chi connectivity index (χ3v) is 6.23. The largest absolute Gasteiger partial charge is 0.335 e. The maximum Gasteiger partial charge on any atom is 0.227 e. The molecule has 1 fully saturated rings. The first kappa shape index (κ1) is 19.0. The van der Waals surface area contributed by atoms with Crippen LogP contribution in [0.1, 0.15) is 31.2 Å². The van der Waals surface area contributed by atoms with Gasteiger partial charge in [-0.15, -0.1) is 11.8 Å². The number of para-hydroxylation sites is 1. The number of benzene rings is 2. The summed E-state index contributed by atoms with van der Waals surface area (Å²) >= 11 is 1.75. The summed E-state index contributed by atoms with van der Waals surface area (Å²) in [5.74, 6) is 0.471. The van der Waals surface area contributed by atoms with Crippen molar-refractivity contribution < 1.29 is 14.0 Å². The fourth-order valence-electron chi connectivity index (χ4n) is 3.54. The van der Waals surface area contributed by atoms with Crippen LogP contribution in [0.5, 0.6) is 0 Å². The summed E-state index contributed by atoms with van der Waals surface area (Å²) in [5.41, 5.74) is 1.46. The van der Waals surface area contributed by atoms with Crippen molar-refractivity contribution in [3.8, 4) is 0 Å². The highest BCUT2D eigenvalue weighted by molar-refractivity contribution is 7.99. The first-order valence-electron chi connectivity index (χ1n) is 9.68. The van der Waals surface area contributed by atoms with Crippen LogP contribution in [0.25, 0.3) is 0 Å². The van der Waals surface area contributed by atoms with Crippen LogP contribution in [-0.2, 0) is 16.1 Å². The monoisotopic (exact) mass is 398 g/mol. The zero-order chi connectivity index (χ0) is 19.5. The Balaban J connectivity index is 1.39. The Hall–Kier alpha value is -2.34. The normalized spacial score (nSPS) is 15.8. The van der Waals surface area contributed by atoms with E-state index in [2.05, 4.69) is 0 Å². The fraction of sp³-hybridized carbons (Fsp3) is 0.364. The van der Waals surface area contributed by atoms with Crippen molar-refractivity contribution in [3.63, 3.8) is 0 Å². The molecule has 0 atom stereocenters. The lowest BCUT2D eigenvalue weighted by Crippen LogP contribution is -2.37. The molecule has 1 aliphatic heterocycles. The van der Waals surface area contributed by atoms with E-state index < -0.39 is 0 Å². The van der Waals surface area contributed by atoms with Crippen LogP contribution in [0.4, 0.5) is 10.1 Å². The Kier molecular flexibility index (Phi) is 5.67. The van der Waals surface area contributed by atoms with Crippen LogP contribution in [0.15, 0.2) is 53.4 Å². The van der Waals surface area contributed by atoms with Gasteiger partial charge < -0.3 is 9.80 Å². The van der Waals surface area contributed by atoms with Crippen molar-refractivity contribution in [3.05, 3.63) is 59.9 Å². The van der Waals surface area contributed by atoms with E-state index in [9.17, 15) is 14.0 Å². The van der Waals surface area contributed by atoms with Gasteiger partial charge in [0.05, 0.1) is 5.69 Å². The molecule has 28 heavy (non-hydrogen) atoms. The first-order chi connectivity index (χ1) is 13.6. The summed E-state index contributed by atoms with van der Waals surface area (Å²) in [6.45, 7) is 0.934. The number of nitrogens with zero attached hydrogens (tertiary/aromatic N) is 2. The highest BCUT2D eigenvalue weighted by Crippen LogP contribution is 2.35. The second-order valence-electron chi connectivity index (χ2n) is 7.21. The molecular weight excluding hydrogens is 375 g/mol. The van der Waals surface area contributed by atoms with Gasteiger partial charge in [-0.05, 0) is 31.0 Å². The molecule has 2 aromatic rings. The Labute approximate surface area is 168 Å². The molecule has 6 heteroatoms. The van der Waals surface area contributed by atoms with Gasteiger partial charge in [0, 0.05) is 48.2 Å². The van der Waals surface area contributed by atoms with Gasteiger partial charge in [-0.25, -0.2) is 4.39 Å². The molecule has 4 rings (SSSR count). The van der Waals surface area contributed by atoms with Crippen molar-refractivity contribution in [2.45, 2.75) is 43.2 Å². The molecule has 0 N–H and O–H groups in total. The molecule has 1 saturated carbocycles. The van der Waals surface area contributed by atoms with Crippen molar-refractivity contribution in [2.24, 2.45) is 0 Å². The Morgan fingerprint density at radius 2 is 1.82 bits per heavy atom. The smallest absolute Gasteiger partial charge is 0.227 e. The van der Waals surface area contributed by atoms with E-state index in [1.165, 1.54) is 6.07 Å². The minimum atomic E-state index is -0.292. The molecule has 4 nitrogen and oxygen atoms in total. The number of hydrogen-bond donors (Lipinski definition) is 0. The SMILES string of the molecule is O=C(CCC(=O)N(Cc1ccccc1F)C1CC1)N1CCSc2ccccc21. The molecule has 2 amide bonds. The van der Waals surface area contributed by atoms with Gasteiger partial charge in [-0.3, -0.25) is 9.59 Å². The third kappa shape index (κ3) is 4.22. The van der Waals surface area contributed by atoms with E-state index in [1.807, 2.05) is 24.3 Å². The van der Waals surface area contributed by atoms with Crippen molar-refractivity contribution in [2.75, 3.05) is 17.2 Å². The second-order valence-corrected chi connectivity index (χ2v) is 8.34. The molecule has 0 unspecified atom stereocenters. The predicted octanol–water partition coefficient (Wildman–Crippen LogP) is 4.24. The van der Waals surface area contributed by atoms with E-state index in [4.69, 9.17) is 0 Å². The highest BCUT2D eigenvalue weighted by Gasteiger charge is 2.33. The number of carbonyl (C=O) groups excluding carboxylic acids is 2. The van der Waals surface area contributed by atoms with Gasteiger partial charge in [-0.1, -0.05) is 30.3 Å². The average Bonchev–Trinajstić information content (AvgIpc) is 3.56. The molecule has 2 aromatic carbocycles. The summed E-state index contributed by atoms with van der Waals surface area (Å²) < 4.78 is 14.0. The van der Waals surface area contributed by atoms with Gasteiger partial charge in [0.2, 0.25) is 11.8 Å². The molecule has 1 aliphatic carbocycles. The van der Waals surface area contributed by atoms with Gasteiger partial charge in [0.25, 0.3) is 0 Å². The third-order valence-electron chi connectivity index (χ3n) is 5.19. The number of halogens is 1. The van der Waals surface area contributed by atoms with E-state index in [-0.39, 0.29) is 43.1 Å². The quantitative estimate of drug-likeness (QED) is 0.731. The van der Waals surface area contributed by atoms with Crippen LogP contribution in [-0.4, -0.2) is 35.1 Å². The summed E-state index contributed by atoms with van der Waals surface area (Å²) in [6.07, 6.45) is 2.24. The molecule has 2 aliphatic rings. The van der Waals surface area contributed by atoms with Crippen LogP contribution in [0.3, 0.4) is 0 Å². The van der Waals surface area contributed by atoms with E-state index in [0.717, 1.165) is 29.2 Å². The first-order valence-corrected chi connectivity index (χ1v) is 10.7. The number of rotatable bonds is 6. The molecule has 146 valence electrons. The lowest BCUT2D eigenvalue weighted by Gasteiger charge is -2.29. The fourth-order valence-corrected chi connectivity index (χ4v) is 4.53. The minimum absolute atomic E-state index is 0.0252. The highest BCUT2D eigenvalue weighted by atomic mass is 32.2. The van der Waals surface area contributed by atoms with Crippen LogP contribution in [0.2, 0.25) is 0 Å².